The van der Waals surface area contributed by atoms with E-state index in [1.54, 1.807) is 6.07 Å². The molecule has 6 nitrogen and oxygen atoms in total. The van der Waals surface area contributed by atoms with Crippen molar-refractivity contribution in [3.05, 3.63) is 76.7 Å². The van der Waals surface area contributed by atoms with Gasteiger partial charge in [-0.2, -0.15) is 0 Å². The zero-order valence-electron chi connectivity index (χ0n) is 15.2. The maximum absolute atomic E-state index is 13.2. The zero-order chi connectivity index (χ0) is 20.2. The molecule has 4 aromatic rings. The Bertz CT molecular complexity index is 1180. The fourth-order valence-electron chi connectivity index (χ4n) is 2.96. The van der Waals surface area contributed by atoms with E-state index in [0.29, 0.717) is 27.7 Å². The van der Waals surface area contributed by atoms with Crippen LogP contribution in [-0.4, -0.2) is 36.3 Å². The van der Waals surface area contributed by atoms with Crippen molar-refractivity contribution in [1.82, 2.24) is 9.97 Å². The summed E-state index contributed by atoms with van der Waals surface area (Å²) >= 11 is -0.409. The standard InChI is InChI=1S/C21H17FN4O2Se/c22-14-4-3-5-15(10-14)25-20(28)18-12-24-21(29-18)26-19(27)9-8-13-11-23-17-7-2-1-6-16(13)17/h1-7,10-12,23H,8-9H2,(H,25,28)(H,24,26,27). The van der Waals surface area contributed by atoms with E-state index in [1.807, 2.05) is 30.5 Å². The maximum atomic E-state index is 13.2. The number of hydrogen-bond acceptors (Lipinski definition) is 3. The molecular formula is C21H17FN4O2Se. The number of benzene rings is 2. The van der Waals surface area contributed by atoms with Gasteiger partial charge < -0.3 is 0 Å². The number of para-hydroxylation sites is 1. The Morgan fingerprint density at radius 2 is 1.97 bits per heavy atom. The molecule has 0 aliphatic carbocycles. The quantitative estimate of drug-likeness (QED) is 0.389. The van der Waals surface area contributed by atoms with Gasteiger partial charge in [-0.05, 0) is 0 Å². The Morgan fingerprint density at radius 1 is 1.10 bits per heavy atom. The van der Waals surface area contributed by atoms with E-state index in [2.05, 4.69) is 20.6 Å². The van der Waals surface area contributed by atoms with Gasteiger partial charge in [0.05, 0.1) is 0 Å². The van der Waals surface area contributed by atoms with Crippen molar-refractivity contribution in [2.45, 2.75) is 12.8 Å². The van der Waals surface area contributed by atoms with Gasteiger partial charge in [0.2, 0.25) is 0 Å². The van der Waals surface area contributed by atoms with Crippen LogP contribution < -0.4 is 10.6 Å². The molecule has 4 rings (SSSR count). The third-order valence-electron chi connectivity index (χ3n) is 4.35. The molecule has 2 amide bonds. The van der Waals surface area contributed by atoms with E-state index < -0.39 is 20.3 Å². The van der Waals surface area contributed by atoms with Crippen LogP contribution in [0.5, 0.6) is 0 Å². The van der Waals surface area contributed by atoms with Crippen LogP contribution in [0.4, 0.5) is 14.8 Å². The van der Waals surface area contributed by atoms with E-state index >= 15 is 0 Å². The average molecular weight is 455 g/mol. The molecule has 0 fully saturated rings. The molecule has 0 unspecified atom stereocenters. The number of nitrogens with one attached hydrogen (secondary N) is 3. The number of aromatic nitrogens is 2. The molecule has 0 spiro atoms. The SMILES string of the molecule is O=C(CCc1c[nH]c2ccccc12)Nc1ncc(C(=O)Nc2cccc(F)c2)[se]1. The van der Waals surface area contributed by atoms with Crippen LogP contribution >= 0.6 is 0 Å². The number of anilines is 2. The number of H-pyrrole nitrogens is 1. The fourth-order valence-corrected chi connectivity index (χ4v) is 4.49. The van der Waals surface area contributed by atoms with Gasteiger partial charge in [-0.15, -0.1) is 0 Å². The molecule has 0 atom stereocenters. The Kier molecular flexibility index (Phi) is 5.55. The van der Waals surface area contributed by atoms with Crippen LogP contribution in [-0.2, 0) is 11.2 Å². The van der Waals surface area contributed by atoms with Crippen molar-refractivity contribution in [2.24, 2.45) is 0 Å². The molecule has 0 saturated carbocycles. The minimum atomic E-state index is -0.423. The minimum absolute atomic E-state index is 0.143. The van der Waals surface area contributed by atoms with Gasteiger partial charge in [0.25, 0.3) is 0 Å². The molecular weight excluding hydrogens is 438 g/mol. The Morgan fingerprint density at radius 3 is 2.83 bits per heavy atom. The van der Waals surface area contributed by atoms with Crippen molar-refractivity contribution in [3.63, 3.8) is 0 Å². The van der Waals surface area contributed by atoms with Gasteiger partial charge in [0.1, 0.15) is 0 Å². The normalized spacial score (nSPS) is 10.8. The summed E-state index contributed by atoms with van der Waals surface area (Å²) in [5, 5.41) is 6.53. The monoisotopic (exact) mass is 456 g/mol. The molecule has 0 radical (unpaired) electrons. The number of aromatic amines is 1. The molecule has 0 bridgehead atoms. The Hall–Kier alpha value is -3.22. The first-order valence-corrected chi connectivity index (χ1v) is 10.7. The summed E-state index contributed by atoms with van der Waals surface area (Å²) in [6, 6.07) is 13.6. The number of rotatable bonds is 6. The topological polar surface area (TPSA) is 86.9 Å². The van der Waals surface area contributed by atoms with Crippen LogP contribution in [0.25, 0.3) is 10.9 Å². The second-order valence-corrected chi connectivity index (χ2v) is 8.56. The Balaban J connectivity index is 1.33. The molecule has 2 heterocycles. The summed E-state index contributed by atoms with van der Waals surface area (Å²) in [5.41, 5.74) is 2.51. The average Bonchev–Trinajstić information content (AvgIpc) is 3.33. The summed E-state index contributed by atoms with van der Waals surface area (Å²) in [7, 11) is 0. The van der Waals surface area contributed by atoms with Gasteiger partial charge in [0, 0.05) is 0 Å². The first-order chi connectivity index (χ1) is 14.1. The van der Waals surface area contributed by atoms with Gasteiger partial charge in [-0.25, -0.2) is 0 Å². The number of hydrogen-bond donors (Lipinski definition) is 3. The van der Waals surface area contributed by atoms with E-state index in [0.717, 1.165) is 16.5 Å². The second kappa shape index (κ2) is 8.43. The number of carbonyl (C=O) groups excluding carboxylic acids is 2. The van der Waals surface area contributed by atoms with Crippen molar-refractivity contribution < 1.29 is 14.0 Å². The van der Waals surface area contributed by atoms with Crippen LogP contribution in [0.15, 0.2) is 60.9 Å². The van der Waals surface area contributed by atoms with Crippen LogP contribution in [0.2, 0.25) is 0 Å². The molecule has 8 heteroatoms. The first-order valence-electron chi connectivity index (χ1n) is 8.96. The van der Waals surface area contributed by atoms with Gasteiger partial charge in [-0.1, -0.05) is 0 Å². The third-order valence-corrected chi connectivity index (χ3v) is 6.27. The van der Waals surface area contributed by atoms with Crippen molar-refractivity contribution in [1.29, 1.82) is 0 Å². The molecule has 0 saturated heterocycles. The van der Waals surface area contributed by atoms with Crippen LogP contribution in [0, 0.1) is 5.82 Å². The number of nitrogens with zero attached hydrogens (tertiary/aromatic N) is 1. The summed E-state index contributed by atoms with van der Waals surface area (Å²) < 4.78 is 14.2. The Labute approximate surface area is 171 Å². The van der Waals surface area contributed by atoms with Crippen molar-refractivity contribution >= 4 is 47.6 Å². The summed E-state index contributed by atoms with van der Waals surface area (Å²) in [6.07, 6.45) is 4.30. The summed E-state index contributed by atoms with van der Waals surface area (Å²) in [6.45, 7) is 0. The van der Waals surface area contributed by atoms with Crippen molar-refractivity contribution in [3.8, 4) is 0 Å². The molecule has 0 aliphatic rings. The third kappa shape index (κ3) is 4.62. The summed E-state index contributed by atoms with van der Waals surface area (Å²) in [5.74, 6) is -0.911. The number of halogens is 1. The van der Waals surface area contributed by atoms with Crippen LogP contribution in [0.1, 0.15) is 21.2 Å². The van der Waals surface area contributed by atoms with E-state index in [4.69, 9.17) is 0 Å². The number of aryl methyl sites for hydroxylation is 1. The molecule has 0 aliphatic heterocycles. The van der Waals surface area contributed by atoms with Crippen LogP contribution in [0.3, 0.4) is 0 Å². The predicted molar refractivity (Wildman–Crippen MR) is 111 cm³/mol. The number of fused-ring (bicyclic) bond motifs is 1. The predicted octanol–water partition coefficient (Wildman–Crippen LogP) is 3.58. The molecule has 146 valence electrons. The first kappa shape index (κ1) is 19.1. The van der Waals surface area contributed by atoms with Crippen molar-refractivity contribution in [2.75, 3.05) is 10.6 Å². The fraction of sp³-hybridized carbons (Fsp3) is 0.0952. The van der Waals surface area contributed by atoms with E-state index in [-0.39, 0.29) is 11.8 Å². The number of carbonyl (C=O) groups is 2. The van der Waals surface area contributed by atoms with E-state index in [9.17, 15) is 14.0 Å². The molecule has 2 aromatic carbocycles. The molecule has 3 N–H and O–H groups in total. The number of amides is 2. The molecule has 2 aromatic heterocycles. The van der Waals surface area contributed by atoms with E-state index in [1.165, 1.54) is 24.4 Å². The van der Waals surface area contributed by atoms with Gasteiger partial charge >= 0.3 is 172 Å². The molecule has 29 heavy (non-hydrogen) atoms. The van der Waals surface area contributed by atoms with Gasteiger partial charge in [0.15, 0.2) is 0 Å². The second-order valence-electron chi connectivity index (χ2n) is 6.40. The summed E-state index contributed by atoms with van der Waals surface area (Å²) in [4.78, 5) is 31.9. The zero-order valence-corrected chi connectivity index (χ0v) is 17.0. The van der Waals surface area contributed by atoms with Gasteiger partial charge in [-0.3, -0.25) is 0 Å².